The number of aromatic nitrogens is 2. The summed E-state index contributed by atoms with van der Waals surface area (Å²) in [5.74, 6) is 0.978. The molecule has 0 spiro atoms. The molecule has 0 saturated carbocycles. The summed E-state index contributed by atoms with van der Waals surface area (Å²) in [5.41, 5.74) is 2.01. The Hall–Kier alpha value is -3.88. The molecule has 0 bridgehead atoms. The van der Waals surface area contributed by atoms with Gasteiger partial charge in [-0.15, -0.1) is 0 Å². The number of hydrogen-bond acceptors (Lipinski definition) is 8. The lowest BCUT2D eigenvalue weighted by Gasteiger charge is -2.15. The Morgan fingerprint density at radius 2 is 1.70 bits per heavy atom. The normalized spacial score (nSPS) is 10.6. The minimum absolute atomic E-state index is 0.00715. The van der Waals surface area contributed by atoms with E-state index in [1.165, 1.54) is 21.3 Å². The van der Waals surface area contributed by atoms with Crippen LogP contribution < -0.4 is 24.8 Å². The molecule has 33 heavy (non-hydrogen) atoms. The average molecular weight is 455 g/mol. The molecule has 8 nitrogen and oxygen atoms in total. The van der Waals surface area contributed by atoms with Crippen LogP contribution in [0.5, 0.6) is 17.2 Å². The van der Waals surface area contributed by atoms with E-state index >= 15 is 0 Å². The third-order valence-corrected chi connectivity index (χ3v) is 4.88. The summed E-state index contributed by atoms with van der Waals surface area (Å²) in [6.45, 7) is 3.73. The number of Topliss-reactive ketones (excluding diaryl/α,β-unsaturated/α-hetero) is 1. The van der Waals surface area contributed by atoms with Gasteiger partial charge in [-0.25, -0.2) is 9.37 Å². The van der Waals surface area contributed by atoms with Gasteiger partial charge in [0.15, 0.2) is 23.1 Å². The van der Waals surface area contributed by atoms with Crippen molar-refractivity contribution in [3.05, 3.63) is 54.0 Å². The standard InChI is InChI=1S/C24H27FN4O4/c1-14(2)19(30)10-15-7-6-8-16(9-15)27-23-18(25)13-26-24(29-23)28-17-11-20(31-3)22(33-5)21(12-17)32-4/h6-9,11-14H,10H2,1-5H3,(H2,26,27,28,29). The van der Waals surface area contributed by atoms with Crippen molar-refractivity contribution in [3.63, 3.8) is 0 Å². The largest absolute Gasteiger partial charge is 0.493 e. The molecular weight excluding hydrogens is 427 g/mol. The summed E-state index contributed by atoms with van der Waals surface area (Å²) in [7, 11) is 4.54. The van der Waals surface area contributed by atoms with Gasteiger partial charge in [0.2, 0.25) is 11.7 Å². The monoisotopic (exact) mass is 454 g/mol. The number of nitrogens with zero attached hydrogens (tertiary/aromatic N) is 2. The third-order valence-electron chi connectivity index (χ3n) is 4.88. The fourth-order valence-corrected chi connectivity index (χ4v) is 3.10. The number of halogens is 1. The molecule has 1 aromatic heterocycles. The third kappa shape index (κ3) is 5.88. The Labute approximate surface area is 192 Å². The number of ether oxygens (including phenoxy) is 3. The van der Waals surface area contributed by atoms with Gasteiger partial charge >= 0.3 is 0 Å². The van der Waals surface area contributed by atoms with E-state index in [4.69, 9.17) is 14.2 Å². The van der Waals surface area contributed by atoms with Gasteiger partial charge in [-0.2, -0.15) is 4.98 Å². The molecule has 174 valence electrons. The van der Waals surface area contributed by atoms with E-state index < -0.39 is 5.82 Å². The molecule has 3 aromatic rings. The van der Waals surface area contributed by atoms with Crippen molar-refractivity contribution < 1.29 is 23.4 Å². The molecule has 2 aromatic carbocycles. The predicted octanol–water partition coefficient (Wildman–Crippen LogP) is 4.90. The number of rotatable bonds is 10. The fraction of sp³-hybridized carbons (Fsp3) is 0.292. The average Bonchev–Trinajstić information content (AvgIpc) is 2.80. The Morgan fingerprint density at radius 1 is 1.00 bits per heavy atom. The number of carbonyl (C=O) groups is 1. The molecule has 0 radical (unpaired) electrons. The van der Waals surface area contributed by atoms with Crippen LogP contribution in [0.4, 0.5) is 27.5 Å². The highest BCUT2D eigenvalue weighted by Crippen LogP contribution is 2.40. The number of benzene rings is 2. The van der Waals surface area contributed by atoms with Gasteiger partial charge in [0.1, 0.15) is 5.78 Å². The van der Waals surface area contributed by atoms with Crippen LogP contribution in [0, 0.1) is 11.7 Å². The quantitative estimate of drug-likeness (QED) is 0.447. The van der Waals surface area contributed by atoms with E-state index in [1.807, 2.05) is 19.9 Å². The molecule has 0 atom stereocenters. The van der Waals surface area contributed by atoms with Crippen molar-refractivity contribution in [1.82, 2.24) is 9.97 Å². The lowest BCUT2D eigenvalue weighted by molar-refractivity contribution is -0.121. The summed E-state index contributed by atoms with van der Waals surface area (Å²) in [4.78, 5) is 20.3. The number of hydrogen-bond donors (Lipinski definition) is 2. The summed E-state index contributed by atoms with van der Waals surface area (Å²) in [6.07, 6.45) is 1.38. The van der Waals surface area contributed by atoms with E-state index in [0.29, 0.717) is 35.0 Å². The minimum atomic E-state index is -0.617. The molecule has 0 aliphatic rings. The van der Waals surface area contributed by atoms with E-state index in [1.54, 1.807) is 30.3 Å². The highest BCUT2D eigenvalue weighted by atomic mass is 19.1. The van der Waals surface area contributed by atoms with Crippen molar-refractivity contribution >= 4 is 28.9 Å². The predicted molar refractivity (Wildman–Crippen MR) is 125 cm³/mol. The lowest BCUT2D eigenvalue weighted by Crippen LogP contribution is -2.10. The van der Waals surface area contributed by atoms with Gasteiger partial charge < -0.3 is 24.8 Å². The topological polar surface area (TPSA) is 94.6 Å². The maximum Gasteiger partial charge on any atom is 0.229 e. The van der Waals surface area contributed by atoms with Crippen LogP contribution in [0.2, 0.25) is 0 Å². The first-order valence-electron chi connectivity index (χ1n) is 10.3. The number of anilines is 4. The first-order valence-corrected chi connectivity index (χ1v) is 10.3. The Kier molecular flexibility index (Phi) is 7.66. The van der Waals surface area contributed by atoms with Gasteiger partial charge in [-0.3, -0.25) is 4.79 Å². The van der Waals surface area contributed by atoms with Crippen molar-refractivity contribution in [2.75, 3.05) is 32.0 Å². The van der Waals surface area contributed by atoms with Gasteiger partial charge in [0.25, 0.3) is 0 Å². The Bertz CT molecular complexity index is 1110. The fourth-order valence-electron chi connectivity index (χ4n) is 3.10. The lowest BCUT2D eigenvalue weighted by atomic mass is 10.0. The van der Waals surface area contributed by atoms with Crippen LogP contribution in [0.1, 0.15) is 19.4 Å². The van der Waals surface area contributed by atoms with Crippen LogP contribution in [0.25, 0.3) is 0 Å². The van der Waals surface area contributed by atoms with Crippen LogP contribution >= 0.6 is 0 Å². The van der Waals surface area contributed by atoms with Crippen LogP contribution in [-0.4, -0.2) is 37.1 Å². The van der Waals surface area contributed by atoms with Crippen LogP contribution in [-0.2, 0) is 11.2 Å². The minimum Gasteiger partial charge on any atom is -0.493 e. The van der Waals surface area contributed by atoms with Crippen molar-refractivity contribution in [2.24, 2.45) is 5.92 Å². The summed E-state index contributed by atoms with van der Waals surface area (Å²) < 4.78 is 30.4. The zero-order valence-corrected chi connectivity index (χ0v) is 19.2. The first kappa shape index (κ1) is 23.8. The molecule has 0 aliphatic heterocycles. The molecule has 0 saturated heterocycles. The summed E-state index contributed by atoms with van der Waals surface area (Å²) >= 11 is 0. The second-order valence-electron chi connectivity index (χ2n) is 7.55. The summed E-state index contributed by atoms with van der Waals surface area (Å²) in [5, 5.41) is 5.98. The smallest absolute Gasteiger partial charge is 0.229 e. The zero-order chi connectivity index (χ0) is 24.0. The van der Waals surface area contributed by atoms with E-state index in [2.05, 4.69) is 20.6 Å². The molecular formula is C24H27FN4O4. The number of ketones is 1. The maximum atomic E-state index is 14.4. The Morgan fingerprint density at radius 3 is 2.30 bits per heavy atom. The second kappa shape index (κ2) is 10.6. The van der Waals surface area contributed by atoms with Crippen molar-refractivity contribution in [1.29, 1.82) is 0 Å². The van der Waals surface area contributed by atoms with Gasteiger partial charge in [0.05, 0.1) is 27.5 Å². The molecule has 0 amide bonds. The molecule has 2 N–H and O–H groups in total. The summed E-state index contributed by atoms with van der Waals surface area (Å²) in [6, 6.07) is 10.6. The Balaban J connectivity index is 1.83. The van der Waals surface area contributed by atoms with Gasteiger partial charge in [-0.1, -0.05) is 26.0 Å². The van der Waals surface area contributed by atoms with E-state index in [-0.39, 0.29) is 23.5 Å². The molecule has 9 heteroatoms. The SMILES string of the molecule is COc1cc(Nc2ncc(F)c(Nc3cccc(CC(=O)C(C)C)c3)n2)cc(OC)c1OC. The highest BCUT2D eigenvalue weighted by molar-refractivity contribution is 5.83. The van der Waals surface area contributed by atoms with Gasteiger partial charge in [-0.05, 0) is 17.7 Å². The van der Waals surface area contributed by atoms with Gasteiger partial charge in [0, 0.05) is 35.8 Å². The van der Waals surface area contributed by atoms with E-state index in [9.17, 15) is 9.18 Å². The number of carbonyl (C=O) groups excluding carboxylic acids is 1. The first-order chi connectivity index (χ1) is 15.8. The molecule has 1 heterocycles. The van der Waals surface area contributed by atoms with Crippen molar-refractivity contribution in [2.45, 2.75) is 20.3 Å². The zero-order valence-electron chi connectivity index (χ0n) is 19.2. The molecule has 0 fully saturated rings. The maximum absolute atomic E-state index is 14.4. The number of nitrogens with one attached hydrogen (secondary N) is 2. The van der Waals surface area contributed by atoms with E-state index in [0.717, 1.165) is 11.8 Å². The molecule has 0 unspecified atom stereocenters. The number of methoxy groups -OCH3 is 3. The molecule has 3 rings (SSSR count). The van der Waals surface area contributed by atoms with Crippen LogP contribution in [0.15, 0.2) is 42.6 Å². The van der Waals surface area contributed by atoms with Crippen molar-refractivity contribution in [3.8, 4) is 17.2 Å². The van der Waals surface area contributed by atoms with Crippen LogP contribution in [0.3, 0.4) is 0 Å². The highest BCUT2D eigenvalue weighted by Gasteiger charge is 2.15. The molecule has 0 aliphatic carbocycles. The second-order valence-corrected chi connectivity index (χ2v) is 7.55.